The molecule has 1 N–H and O–H groups in total. The van der Waals surface area contributed by atoms with Crippen molar-refractivity contribution in [3.8, 4) is 11.5 Å². The fourth-order valence-electron chi connectivity index (χ4n) is 3.02. The lowest BCUT2D eigenvalue weighted by Gasteiger charge is -2.08. The van der Waals surface area contributed by atoms with Crippen molar-refractivity contribution in [2.24, 2.45) is 0 Å². The van der Waals surface area contributed by atoms with Crippen molar-refractivity contribution in [1.29, 1.82) is 0 Å². The zero-order chi connectivity index (χ0) is 24.5. The maximum Gasteiger partial charge on any atom is 0.324 e. The van der Waals surface area contributed by atoms with Gasteiger partial charge in [-0.1, -0.05) is 31.9 Å². The smallest absolute Gasteiger partial charge is 0.324 e. The molecule has 0 radical (unpaired) electrons. The summed E-state index contributed by atoms with van der Waals surface area (Å²) in [6, 6.07) is 11.1. The SMILES string of the molecule is CCCCCc1cc(OC)c2ccccc2n1.O=[N+]([O-])c1cc([N+](=O)[O-])c(O)c([N+](=O)[O-])c1. The van der Waals surface area contributed by atoms with E-state index in [0.29, 0.717) is 12.1 Å². The van der Waals surface area contributed by atoms with Crippen LogP contribution in [0.25, 0.3) is 10.9 Å². The standard InChI is InChI=1S/C15H19NO.C6H3N3O7/c1-3-4-5-8-12-11-15(17-2)13-9-6-7-10-14(13)16-12;10-6-4(8(13)14)1-3(7(11)12)2-5(6)9(15)16/h6-7,9-11H,3-5,8H2,1-2H3;1-2,10H. The Labute approximate surface area is 187 Å². The third-order valence-electron chi connectivity index (χ3n) is 4.65. The summed E-state index contributed by atoms with van der Waals surface area (Å²) in [6.45, 7) is 2.22. The molecule has 0 saturated carbocycles. The van der Waals surface area contributed by atoms with Gasteiger partial charge in [-0.2, -0.15) is 0 Å². The molecule has 33 heavy (non-hydrogen) atoms. The first kappa shape index (κ1) is 24.9. The van der Waals surface area contributed by atoms with Gasteiger partial charge < -0.3 is 9.84 Å². The van der Waals surface area contributed by atoms with Crippen molar-refractivity contribution in [3.63, 3.8) is 0 Å². The number of non-ortho nitro benzene ring substituents is 1. The second-order valence-electron chi connectivity index (χ2n) is 6.89. The van der Waals surface area contributed by atoms with Gasteiger partial charge in [-0.3, -0.25) is 35.3 Å². The number of phenolic OH excluding ortho intramolecular Hbond substituents is 1. The van der Waals surface area contributed by atoms with Crippen LogP contribution in [0.1, 0.15) is 31.9 Å². The molecule has 0 unspecified atom stereocenters. The number of methoxy groups -OCH3 is 1. The highest BCUT2D eigenvalue weighted by molar-refractivity contribution is 5.85. The van der Waals surface area contributed by atoms with E-state index in [-0.39, 0.29) is 0 Å². The van der Waals surface area contributed by atoms with Crippen LogP contribution < -0.4 is 4.74 Å². The summed E-state index contributed by atoms with van der Waals surface area (Å²) in [5, 5.41) is 41.3. The molecule has 0 amide bonds. The largest absolute Gasteiger partial charge is 0.497 e. The summed E-state index contributed by atoms with van der Waals surface area (Å²) in [4.78, 5) is 32.4. The number of nitro groups is 3. The van der Waals surface area contributed by atoms with Crippen LogP contribution in [0.3, 0.4) is 0 Å². The lowest BCUT2D eigenvalue weighted by Crippen LogP contribution is -1.97. The molecule has 12 heteroatoms. The number of rotatable bonds is 8. The number of aromatic nitrogens is 1. The number of hydrogen-bond acceptors (Lipinski definition) is 9. The van der Waals surface area contributed by atoms with Gasteiger partial charge in [0.05, 0.1) is 39.5 Å². The maximum absolute atomic E-state index is 10.4. The Bertz CT molecular complexity index is 1150. The Morgan fingerprint density at radius 3 is 2.06 bits per heavy atom. The molecule has 1 aromatic heterocycles. The number of pyridine rings is 1. The molecule has 174 valence electrons. The van der Waals surface area contributed by atoms with Gasteiger partial charge in [0.25, 0.3) is 11.4 Å². The van der Waals surface area contributed by atoms with Crippen molar-refractivity contribution in [2.45, 2.75) is 32.6 Å². The van der Waals surface area contributed by atoms with Gasteiger partial charge >= 0.3 is 11.4 Å². The highest BCUT2D eigenvalue weighted by atomic mass is 16.6. The Morgan fingerprint density at radius 2 is 1.55 bits per heavy atom. The van der Waals surface area contributed by atoms with Crippen molar-refractivity contribution < 1.29 is 24.6 Å². The molecule has 2 aromatic carbocycles. The number of aryl methyl sites for hydroxylation is 1. The molecule has 0 fully saturated rings. The predicted molar refractivity (Wildman–Crippen MR) is 120 cm³/mol. The molecule has 0 spiro atoms. The molecule has 12 nitrogen and oxygen atoms in total. The molecule has 3 aromatic rings. The molecular weight excluding hydrogens is 436 g/mol. The van der Waals surface area contributed by atoms with Crippen LogP contribution in [0.5, 0.6) is 11.5 Å². The number of aromatic hydroxyl groups is 1. The van der Waals surface area contributed by atoms with Gasteiger partial charge in [-0.05, 0) is 25.0 Å². The third kappa shape index (κ3) is 6.32. The quantitative estimate of drug-likeness (QED) is 0.274. The molecule has 0 aliphatic rings. The fourth-order valence-corrected chi connectivity index (χ4v) is 3.02. The Hall–Kier alpha value is -4.35. The van der Waals surface area contributed by atoms with Crippen molar-refractivity contribution in [1.82, 2.24) is 4.98 Å². The van der Waals surface area contributed by atoms with Crippen LogP contribution in [0.4, 0.5) is 17.1 Å². The molecule has 0 aliphatic carbocycles. The average Bonchev–Trinajstić information content (AvgIpc) is 2.78. The van der Waals surface area contributed by atoms with Gasteiger partial charge in [0.2, 0.25) is 0 Å². The van der Waals surface area contributed by atoms with Crippen LogP contribution in [-0.4, -0.2) is 32.0 Å². The van der Waals surface area contributed by atoms with Gasteiger partial charge in [0.15, 0.2) is 0 Å². The van der Waals surface area contributed by atoms with Crippen LogP contribution in [0.2, 0.25) is 0 Å². The van der Waals surface area contributed by atoms with Gasteiger partial charge in [-0.15, -0.1) is 0 Å². The van der Waals surface area contributed by atoms with E-state index in [1.807, 2.05) is 18.2 Å². The molecule has 3 rings (SSSR count). The van der Waals surface area contributed by atoms with Crippen LogP contribution in [-0.2, 0) is 6.42 Å². The first-order valence-electron chi connectivity index (χ1n) is 9.92. The fraction of sp³-hybridized carbons (Fsp3) is 0.286. The zero-order valence-corrected chi connectivity index (χ0v) is 18.0. The van der Waals surface area contributed by atoms with Crippen molar-refractivity contribution in [3.05, 3.63) is 78.5 Å². The minimum atomic E-state index is -1.21. The summed E-state index contributed by atoms with van der Waals surface area (Å²) in [7, 11) is 1.72. The van der Waals surface area contributed by atoms with Gasteiger partial charge in [0, 0.05) is 17.1 Å². The summed E-state index contributed by atoms with van der Waals surface area (Å²) >= 11 is 0. The minimum Gasteiger partial charge on any atom is -0.497 e. The van der Waals surface area contributed by atoms with E-state index in [1.165, 1.54) is 19.3 Å². The van der Waals surface area contributed by atoms with E-state index < -0.39 is 37.6 Å². The first-order chi connectivity index (χ1) is 15.7. The Kier molecular flexibility index (Phi) is 8.55. The number of ether oxygens (including phenoxy) is 1. The summed E-state index contributed by atoms with van der Waals surface area (Å²) < 4.78 is 5.43. The maximum atomic E-state index is 10.4. The normalized spacial score (nSPS) is 10.2. The van der Waals surface area contributed by atoms with Crippen molar-refractivity contribution in [2.75, 3.05) is 7.11 Å². The van der Waals surface area contributed by atoms with Crippen LogP contribution in [0.15, 0.2) is 42.5 Å². The van der Waals surface area contributed by atoms with Crippen molar-refractivity contribution >= 4 is 28.0 Å². The summed E-state index contributed by atoms with van der Waals surface area (Å²) in [6.07, 6.45) is 4.74. The second-order valence-corrected chi connectivity index (χ2v) is 6.89. The number of nitro benzene ring substituents is 3. The van der Waals surface area contributed by atoms with Crippen LogP contribution in [0, 0.1) is 30.3 Å². The molecule has 0 bridgehead atoms. The van der Waals surface area contributed by atoms with Gasteiger partial charge in [-0.25, -0.2) is 0 Å². The minimum absolute atomic E-state index is 0.447. The molecule has 0 aliphatic heterocycles. The van der Waals surface area contributed by atoms with Gasteiger partial charge in [0.1, 0.15) is 5.75 Å². The third-order valence-corrected chi connectivity index (χ3v) is 4.65. The second kappa shape index (κ2) is 11.3. The topological polar surface area (TPSA) is 172 Å². The van der Waals surface area contributed by atoms with Crippen LogP contribution >= 0.6 is 0 Å². The highest BCUT2D eigenvalue weighted by Gasteiger charge is 2.30. The highest BCUT2D eigenvalue weighted by Crippen LogP contribution is 2.39. The van der Waals surface area contributed by atoms with E-state index in [1.54, 1.807) is 7.11 Å². The monoisotopic (exact) mass is 458 g/mol. The predicted octanol–water partition coefficient (Wildman–Crippen LogP) is 5.09. The molecular formula is C21H22N4O8. The number of benzene rings is 2. The van der Waals surface area contributed by atoms with E-state index >= 15 is 0 Å². The zero-order valence-electron chi connectivity index (χ0n) is 18.0. The lowest BCUT2D eigenvalue weighted by atomic mass is 10.1. The number of para-hydroxylation sites is 1. The van der Waals surface area contributed by atoms with E-state index in [0.717, 1.165) is 28.8 Å². The Morgan fingerprint density at radius 1 is 0.939 bits per heavy atom. The Balaban J connectivity index is 0.000000234. The molecule has 0 atom stereocenters. The number of unbranched alkanes of at least 4 members (excludes halogenated alkanes) is 2. The first-order valence-corrected chi connectivity index (χ1v) is 9.92. The number of fused-ring (bicyclic) bond motifs is 1. The number of phenols is 1. The molecule has 0 saturated heterocycles. The van der Waals surface area contributed by atoms with E-state index in [4.69, 9.17) is 9.84 Å². The number of nitrogens with zero attached hydrogens (tertiary/aromatic N) is 4. The summed E-state index contributed by atoms with van der Waals surface area (Å²) in [5.41, 5.74) is -0.842. The molecule has 1 heterocycles. The van der Waals surface area contributed by atoms with E-state index in [2.05, 4.69) is 24.0 Å². The summed E-state index contributed by atoms with van der Waals surface area (Å²) in [5.74, 6) is -0.275. The van der Waals surface area contributed by atoms with E-state index in [9.17, 15) is 30.3 Å². The lowest BCUT2D eigenvalue weighted by molar-refractivity contribution is -0.404. The average molecular weight is 458 g/mol. The number of hydrogen-bond donors (Lipinski definition) is 1.